The zero-order valence-electron chi connectivity index (χ0n) is 16.4. The van der Waals surface area contributed by atoms with Crippen LogP contribution >= 0.6 is 0 Å². The Labute approximate surface area is 163 Å². The van der Waals surface area contributed by atoms with Gasteiger partial charge in [0.25, 0.3) is 0 Å². The number of allylic oxidation sites excluding steroid dienone is 3. The molecule has 2 heterocycles. The van der Waals surface area contributed by atoms with Crippen LogP contribution in [-0.4, -0.2) is 37.1 Å². The molecular weight excluding hydrogens is 365 g/mol. The molecule has 28 heavy (non-hydrogen) atoms. The van der Waals surface area contributed by atoms with E-state index in [1.165, 1.54) is 4.90 Å². The van der Waals surface area contributed by atoms with E-state index in [2.05, 4.69) is 5.48 Å². The Bertz CT molecular complexity index is 842. The number of amides is 1. The lowest BCUT2D eigenvalue weighted by Crippen LogP contribution is -2.38. The van der Waals surface area contributed by atoms with Gasteiger partial charge in [-0.2, -0.15) is 4.94 Å². The molecule has 1 aromatic carbocycles. The van der Waals surface area contributed by atoms with Crippen LogP contribution in [0.2, 0.25) is 0 Å². The third-order valence-electron chi connectivity index (χ3n) is 4.04. The standard InChI is InChI=1S/C20H24FN3O4/c1-20(2,3)27-19(25)23(10-8-21)15-5-6-17(18(12-15)26-4)14-7-9-24-16(11-14)13-22-28-24/h5-7,9,11-13,22H,8,10H2,1-4H3. The van der Waals surface area contributed by atoms with Gasteiger partial charge in [-0.1, -0.05) is 0 Å². The fourth-order valence-corrected chi connectivity index (χ4v) is 2.82. The third kappa shape index (κ3) is 4.28. The predicted octanol–water partition coefficient (Wildman–Crippen LogP) is 3.91. The number of carbonyl (C=O) groups is 1. The number of halogens is 1. The highest BCUT2D eigenvalue weighted by Crippen LogP contribution is 2.35. The Morgan fingerprint density at radius 2 is 2.14 bits per heavy atom. The Morgan fingerprint density at radius 1 is 1.36 bits per heavy atom. The lowest BCUT2D eigenvalue weighted by Gasteiger charge is -2.27. The molecule has 2 aliphatic rings. The van der Waals surface area contributed by atoms with Gasteiger partial charge in [-0.25, -0.2) is 19.7 Å². The lowest BCUT2D eigenvalue weighted by molar-refractivity contribution is -0.112. The third-order valence-corrected chi connectivity index (χ3v) is 4.04. The van der Waals surface area contributed by atoms with Crippen molar-refractivity contribution in [3.63, 3.8) is 0 Å². The van der Waals surface area contributed by atoms with E-state index in [0.717, 1.165) is 16.8 Å². The van der Waals surface area contributed by atoms with Gasteiger partial charge in [0.1, 0.15) is 18.0 Å². The van der Waals surface area contributed by atoms with Crippen molar-refractivity contribution in [1.82, 2.24) is 10.5 Å². The molecule has 0 radical (unpaired) electrons. The highest BCUT2D eigenvalue weighted by molar-refractivity contribution is 5.89. The normalized spacial score (nSPS) is 15.4. The van der Waals surface area contributed by atoms with Gasteiger partial charge >= 0.3 is 6.09 Å². The molecule has 1 N–H and O–H groups in total. The smallest absolute Gasteiger partial charge is 0.414 e. The Balaban J connectivity index is 1.91. The van der Waals surface area contributed by atoms with Gasteiger partial charge < -0.3 is 9.47 Å². The first-order valence-electron chi connectivity index (χ1n) is 8.89. The molecule has 0 saturated heterocycles. The number of anilines is 1. The second-order valence-corrected chi connectivity index (χ2v) is 7.23. The van der Waals surface area contributed by atoms with Crippen LogP contribution in [0.4, 0.5) is 14.9 Å². The summed E-state index contributed by atoms with van der Waals surface area (Å²) in [7, 11) is 1.55. The second kappa shape index (κ2) is 7.93. The second-order valence-electron chi connectivity index (χ2n) is 7.23. The van der Waals surface area contributed by atoms with Crippen molar-refractivity contribution in [2.24, 2.45) is 0 Å². The molecule has 0 spiro atoms. The monoisotopic (exact) mass is 389 g/mol. The lowest BCUT2D eigenvalue weighted by atomic mass is 10.0. The van der Waals surface area contributed by atoms with Crippen LogP contribution in [0.1, 0.15) is 26.3 Å². The highest BCUT2D eigenvalue weighted by atomic mass is 19.1. The van der Waals surface area contributed by atoms with Crippen molar-refractivity contribution in [3.05, 3.63) is 54.0 Å². The maximum atomic E-state index is 13.1. The Morgan fingerprint density at radius 3 is 2.82 bits per heavy atom. The number of rotatable bonds is 5. The number of hydrogen-bond donors (Lipinski definition) is 1. The van der Waals surface area contributed by atoms with E-state index in [1.54, 1.807) is 57.5 Å². The minimum Gasteiger partial charge on any atom is -0.496 e. The number of methoxy groups -OCH3 is 1. The molecule has 0 aromatic heterocycles. The van der Waals surface area contributed by atoms with E-state index in [-0.39, 0.29) is 6.54 Å². The molecule has 8 heteroatoms. The number of benzene rings is 1. The first-order valence-corrected chi connectivity index (χ1v) is 8.89. The minimum atomic E-state index is -0.686. The fraction of sp³-hybridized carbons (Fsp3) is 0.350. The van der Waals surface area contributed by atoms with Gasteiger partial charge in [-0.05, 0) is 50.6 Å². The van der Waals surface area contributed by atoms with E-state index >= 15 is 0 Å². The molecular formula is C20H24FN3O4. The number of hydrogen-bond acceptors (Lipinski definition) is 6. The maximum Gasteiger partial charge on any atom is 0.414 e. The molecule has 0 aliphatic carbocycles. The van der Waals surface area contributed by atoms with Crippen LogP contribution in [0.25, 0.3) is 5.57 Å². The summed E-state index contributed by atoms with van der Waals surface area (Å²) in [5.74, 6) is 0.557. The fourth-order valence-electron chi connectivity index (χ4n) is 2.82. The molecule has 2 aliphatic heterocycles. The number of fused-ring (bicyclic) bond motifs is 1. The van der Waals surface area contributed by atoms with E-state index < -0.39 is 18.4 Å². The van der Waals surface area contributed by atoms with Crippen LogP contribution in [-0.2, 0) is 9.68 Å². The zero-order valence-corrected chi connectivity index (χ0v) is 16.4. The van der Waals surface area contributed by atoms with Crippen LogP contribution in [0.3, 0.4) is 0 Å². The topological polar surface area (TPSA) is 63.3 Å². The summed E-state index contributed by atoms with van der Waals surface area (Å²) in [6.07, 6.45) is 6.73. The van der Waals surface area contributed by atoms with Crippen molar-refractivity contribution in [2.45, 2.75) is 26.4 Å². The Hall–Kier alpha value is -3.00. The minimum absolute atomic E-state index is 0.106. The van der Waals surface area contributed by atoms with Crippen LogP contribution in [0.15, 0.2) is 48.4 Å². The van der Waals surface area contributed by atoms with E-state index in [4.69, 9.17) is 14.4 Å². The van der Waals surface area contributed by atoms with Crippen molar-refractivity contribution >= 4 is 17.4 Å². The molecule has 0 atom stereocenters. The van der Waals surface area contributed by atoms with Crippen molar-refractivity contribution in [3.8, 4) is 5.75 Å². The molecule has 1 amide bonds. The van der Waals surface area contributed by atoms with Crippen LogP contribution in [0, 0.1) is 0 Å². The number of nitrogens with zero attached hydrogens (tertiary/aromatic N) is 2. The van der Waals surface area contributed by atoms with E-state index in [0.29, 0.717) is 11.4 Å². The summed E-state index contributed by atoms with van der Waals surface area (Å²) < 4.78 is 24.0. The maximum absolute atomic E-state index is 13.1. The first kappa shape index (κ1) is 19.8. The first-order chi connectivity index (χ1) is 13.3. The van der Waals surface area contributed by atoms with Gasteiger partial charge in [-0.3, -0.25) is 4.90 Å². The molecule has 0 saturated carbocycles. The summed E-state index contributed by atoms with van der Waals surface area (Å²) >= 11 is 0. The molecule has 0 unspecified atom stereocenters. The average Bonchev–Trinajstić information content (AvgIpc) is 3.11. The molecule has 0 fully saturated rings. The summed E-state index contributed by atoms with van der Waals surface area (Å²) in [6, 6.07) is 5.28. The molecule has 150 valence electrons. The van der Waals surface area contributed by atoms with Crippen LogP contribution in [0.5, 0.6) is 5.75 Å². The van der Waals surface area contributed by atoms with Crippen molar-refractivity contribution in [1.29, 1.82) is 0 Å². The SMILES string of the molecule is COc1cc(N(CCF)C(=O)OC(C)(C)C)ccc1C1=CC2=CNON2C=C1. The summed E-state index contributed by atoms with van der Waals surface area (Å²) in [5.41, 5.74) is 5.09. The summed E-state index contributed by atoms with van der Waals surface area (Å²) in [4.78, 5) is 18.9. The number of carbonyl (C=O) groups excluding carboxylic acids is 1. The summed E-state index contributed by atoms with van der Waals surface area (Å²) in [6.45, 7) is 4.51. The number of alkyl halides is 1. The van der Waals surface area contributed by atoms with Crippen molar-refractivity contribution < 1.29 is 23.6 Å². The largest absolute Gasteiger partial charge is 0.496 e. The predicted molar refractivity (Wildman–Crippen MR) is 104 cm³/mol. The quantitative estimate of drug-likeness (QED) is 0.824. The molecule has 1 aromatic rings. The zero-order chi connectivity index (χ0) is 20.3. The summed E-state index contributed by atoms with van der Waals surface area (Å²) in [5, 5.41) is 1.59. The van der Waals surface area contributed by atoms with Gasteiger partial charge in [0, 0.05) is 17.8 Å². The van der Waals surface area contributed by atoms with Gasteiger partial charge in [0.15, 0.2) is 0 Å². The molecule has 3 rings (SSSR count). The number of hydroxylamine groups is 3. The average molecular weight is 389 g/mol. The molecule has 0 bridgehead atoms. The van der Waals surface area contributed by atoms with Crippen molar-refractivity contribution in [2.75, 3.05) is 25.2 Å². The molecule has 7 nitrogen and oxygen atoms in total. The van der Waals surface area contributed by atoms with Crippen LogP contribution < -0.4 is 15.1 Å². The van der Waals surface area contributed by atoms with Gasteiger partial charge in [0.05, 0.1) is 31.2 Å². The number of nitrogens with one attached hydrogen (secondary N) is 1. The Kier molecular flexibility index (Phi) is 5.60. The van der Waals surface area contributed by atoms with Gasteiger partial charge in [0.2, 0.25) is 0 Å². The van der Waals surface area contributed by atoms with E-state index in [9.17, 15) is 9.18 Å². The highest BCUT2D eigenvalue weighted by Gasteiger charge is 2.25. The number of ether oxygens (including phenoxy) is 2. The van der Waals surface area contributed by atoms with Gasteiger partial charge in [-0.15, -0.1) is 0 Å². The van der Waals surface area contributed by atoms with E-state index in [1.807, 2.05) is 18.2 Å².